The van der Waals surface area contributed by atoms with Crippen molar-refractivity contribution in [1.29, 1.82) is 0 Å². The Morgan fingerprint density at radius 2 is 1.92 bits per heavy atom. The van der Waals surface area contributed by atoms with Crippen molar-refractivity contribution in [3.05, 3.63) is 46.4 Å². The van der Waals surface area contributed by atoms with Gasteiger partial charge in [0.2, 0.25) is 0 Å². The Morgan fingerprint density at radius 3 is 2.65 bits per heavy atom. The highest BCUT2D eigenvalue weighted by molar-refractivity contribution is 5.78. The van der Waals surface area contributed by atoms with E-state index >= 15 is 0 Å². The second kappa shape index (κ2) is 7.32. The van der Waals surface area contributed by atoms with Gasteiger partial charge >= 0.3 is 0 Å². The number of hydrogen-bond donors (Lipinski definition) is 0. The molecule has 0 bridgehead atoms. The zero-order valence-corrected chi connectivity index (χ0v) is 16.2. The van der Waals surface area contributed by atoms with Crippen molar-refractivity contribution in [3.63, 3.8) is 0 Å². The van der Waals surface area contributed by atoms with Gasteiger partial charge in [0.25, 0.3) is 5.91 Å². The van der Waals surface area contributed by atoms with Gasteiger partial charge in [0.05, 0.1) is 12.2 Å². The number of benzene rings is 1. The first-order valence-electron chi connectivity index (χ1n) is 8.86. The number of fused-ring (bicyclic) bond motifs is 1. The highest BCUT2D eigenvalue weighted by atomic mass is 16.5. The van der Waals surface area contributed by atoms with Crippen molar-refractivity contribution in [2.24, 2.45) is 0 Å². The van der Waals surface area contributed by atoms with Gasteiger partial charge in [0, 0.05) is 26.2 Å². The lowest BCUT2D eigenvalue weighted by Gasteiger charge is -2.30. The summed E-state index contributed by atoms with van der Waals surface area (Å²) in [7, 11) is 3.95. The Morgan fingerprint density at radius 1 is 1.19 bits per heavy atom. The zero-order valence-electron chi connectivity index (χ0n) is 16.2. The van der Waals surface area contributed by atoms with E-state index in [4.69, 9.17) is 4.74 Å². The lowest BCUT2D eigenvalue weighted by molar-refractivity contribution is -0.134. The SMILES string of the molecule is Cc1ccc(C)c(OCC(=O)N2CCc3c(ncnc3N(C)C)C2)c1C. The molecular formula is C20H26N4O2. The molecular weight excluding hydrogens is 328 g/mol. The van der Waals surface area contributed by atoms with Gasteiger partial charge in [-0.05, 0) is 43.9 Å². The van der Waals surface area contributed by atoms with Gasteiger partial charge in [0.1, 0.15) is 17.9 Å². The van der Waals surface area contributed by atoms with Crippen LogP contribution in [-0.2, 0) is 17.8 Å². The number of rotatable bonds is 4. The van der Waals surface area contributed by atoms with Crippen LogP contribution >= 0.6 is 0 Å². The van der Waals surface area contributed by atoms with E-state index in [0.717, 1.165) is 45.9 Å². The van der Waals surface area contributed by atoms with Gasteiger partial charge in [-0.2, -0.15) is 0 Å². The Labute approximate surface area is 154 Å². The van der Waals surface area contributed by atoms with Crippen LogP contribution in [0.25, 0.3) is 0 Å². The quantitative estimate of drug-likeness (QED) is 0.844. The van der Waals surface area contributed by atoms with Crippen molar-refractivity contribution >= 4 is 11.7 Å². The molecule has 0 fully saturated rings. The minimum atomic E-state index is -0.0130. The number of nitrogens with zero attached hydrogens (tertiary/aromatic N) is 4. The van der Waals surface area contributed by atoms with Crippen molar-refractivity contribution < 1.29 is 9.53 Å². The van der Waals surface area contributed by atoms with E-state index in [0.29, 0.717) is 13.1 Å². The molecule has 1 amide bonds. The van der Waals surface area contributed by atoms with Crippen molar-refractivity contribution in [3.8, 4) is 5.75 Å². The molecule has 0 saturated carbocycles. The molecule has 0 unspecified atom stereocenters. The molecule has 0 atom stereocenters. The van der Waals surface area contributed by atoms with E-state index in [1.165, 1.54) is 0 Å². The highest BCUT2D eigenvalue weighted by Crippen LogP contribution is 2.27. The number of hydrogen-bond acceptors (Lipinski definition) is 5. The standard InChI is InChI=1S/C20H26N4O2/c1-13-6-7-14(2)19(15(13)3)26-11-18(25)24-9-8-16-17(10-24)21-12-22-20(16)23(4)5/h6-7,12H,8-11H2,1-5H3. The lowest BCUT2D eigenvalue weighted by Crippen LogP contribution is -2.40. The molecule has 6 nitrogen and oxygen atoms in total. The number of carbonyl (C=O) groups excluding carboxylic acids is 1. The normalized spacial score (nSPS) is 13.3. The van der Waals surface area contributed by atoms with Gasteiger partial charge in [-0.15, -0.1) is 0 Å². The van der Waals surface area contributed by atoms with Crippen LogP contribution in [0.4, 0.5) is 5.82 Å². The average molecular weight is 354 g/mol. The van der Waals surface area contributed by atoms with Gasteiger partial charge in [0.15, 0.2) is 6.61 Å². The van der Waals surface area contributed by atoms with E-state index in [1.54, 1.807) is 6.33 Å². The lowest BCUT2D eigenvalue weighted by atomic mass is 10.0. The van der Waals surface area contributed by atoms with Crippen LogP contribution in [0.15, 0.2) is 18.5 Å². The molecule has 3 rings (SSSR count). The predicted octanol–water partition coefficient (Wildman–Crippen LogP) is 2.43. The Hall–Kier alpha value is -2.63. The minimum Gasteiger partial charge on any atom is -0.483 e. The third kappa shape index (κ3) is 3.49. The maximum atomic E-state index is 12.7. The summed E-state index contributed by atoms with van der Waals surface area (Å²) in [6, 6.07) is 4.10. The van der Waals surface area contributed by atoms with Crippen LogP contribution in [0, 0.1) is 20.8 Å². The van der Waals surface area contributed by atoms with Crippen LogP contribution in [-0.4, -0.2) is 48.0 Å². The van der Waals surface area contributed by atoms with E-state index < -0.39 is 0 Å². The number of aromatic nitrogens is 2. The molecule has 138 valence electrons. The number of amides is 1. The predicted molar refractivity (Wildman–Crippen MR) is 102 cm³/mol. The van der Waals surface area contributed by atoms with E-state index in [2.05, 4.69) is 16.0 Å². The topological polar surface area (TPSA) is 58.6 Å². The molecule has 0 radical (unpaired) electrons. The van der Waals surface area contributed by atoms with E-state index in [1.807, 2.05) is 50.7 Å². The molecule has 0 aliphatic carbocycles. The molecule has 2 heterocycles. The summed E-state index contributed by atoms with van der Waals surface area (Å²) in [6.07, 6.45) is 2.33. The van der Waals surface area contributed by atoms with Crippen LogP contribution in [0.1, 0.15) is 27.9 Å². The second-order valence-electron chi connectivity index (χ2n) is 7.02. The largest absolute Gasteiger partial charge is 0.483 e. The van der Waals surface area contributed by atoms with Crippen molar-refractivity contribution in [1.82, 2.24) is 14.9 Å². The molecule has 1 aliphatic heterocycles. The first kappa shape index (κ1) is 18.2. The first-order chi connectivity index (χ1) is 12.4. The maximum Gasteiger partial charge on any atom is 0.260 e. The average Bonchev–Trinajstić information content (AvgIpc) is 2.63. The van der Waals surface area contributed by atoms with Crippen LogP contribution < -0.4 is 9.64 Å². The van der Waals surface area contributed by atoms with Crippen molar-refractivity contribution in [2.45, 2.75) is 33.7 Å². The number of carbonyl (C=O) groups is 1. The summed E-state index contributed by atoms with van der Waals surface area (Å²) < 4.78 is 5.88. The summed E-state index contributed by atoms with van der Waals surface area (Å²) in [5.41, 5.74) is 5.36. The number of aryl methyl sites for hydroxylation is 2. The molecule has 0 N–H and O–H groups in total. The minimum absolute atomic E-state index is 0.0130. The Kier molecular flexibility index (Phi) is 5.11. The van der Waals surface area contributed by atoms with Crippen LogP contribution in [0.3, 0.4) is 0 Å². The molecule has 26 heavy (non-hydrogen) atoms. The summed E-state index contributed by atoms with van der Waals surface area (Å²) >= 11 is 0. The molecule has 0 spiro atoms. The van der Waals surface area contributed by atoms with Crippen LogP contribution in [0.5, 0.6) is 5.75 Å². The monoisotopic (exact) mass is 354 g/mol. The smallest absolute Gasteiger partial charge is 0.260 e. The summed E-state index contributed by atoms with van der Waals surface area (Å²) in [6.45, 7) is 7.29. The molecule has 2 aromatic rings. The second-order valence-corrected chi connectivity index (χ2v) is 7.02. The third-order valence-corrected chi connectivity index (χ3v) is 4.97. The molecule has 1 aromatic carbocycles. The van der Waals surface area contributed by atoms with Crippen LogP contribution in [0.2, 0.25) is 0 Å². The van der Waals surface area contributed by atoms with E-state index in [9.17, 15) is 4.79 Å². The first-order valence-corrected chi connectivity index (χ1v) is 8.86. The van der Waals surface area contributed by atoms with Gasteiger partial charge in [-0.1, -0.05) is 12.1 Å². The Balaban J connectivity index is 1.69. The number of anilines is 1. The molecule has 1 aromatic heterocycles. The molecule has 1 aliphatic rings. The molecule has 0 saturated heterocycles. The fourth-order valence-corrected chi connectivity index (χ4v) is 3.31. The van der Waals surface area contributed by atoms with Crippen molar-refractivity contribution in [2.75, 3.05) is 32.1 Å². The van der Waals surface area contributed by atoms with Gasteiger partial charge < -0.3 is 14.5 Å². The molecule has 6 heteroatoms. The fraction of sp³-hybridized carbons (Fsp3) is 0.450. The highest BCUT2D eigenvalue weighted by Gasteiger charge is 2.25. The zero-order chi connectivity index (χ0) is 18.8. The number of ether oxygens (including phenoxy) is 1. The summed E-state index contributed by atoms with van der Waals surface area (Å²) in [5.74, 6) is 1.73. The Bertz CT molecular complexity index is 833. The van der Waals surface area contributed by atoms with Gasteiger partial charge in [-0.25, -0.2) is 9.97 Å². The summed E-state index contributed by atoms with van der Waals surface area (Å²) in [4.78, 5) is 25.2. The fourth-order valence-electron chi connectivity index (χ4n) is 3.31. The third-order valence-electron chi connectivity index (χ3n) is 4.97. The summed E-state index contributed by atoms with van der Waals surface area (Å²) in [5, 5.41) is 0. The van der Waals surface area contributed by atoms with Gasteiger partial charge in [-0.3, -0.25) is 4.79 Å². The van der Waals surface area contributed by atoms with E-state index in [-0.39, 0.29) is 12.5 Å². The maximum absolute atomic E-state index is 12.7.